The van der Waals surface area contributed by atoms with E-state index in [2.05, 4.69) is 17.1 Å². The highest BCUT2D eigenvalue weighted by Gasteiger charge is 2.55. The van der Waals surface area contributed by atoms with Gasteiger partial charge >= 0.3 is 6.18 Å². The number of hydrogen-bond acceptors (Lipinski definition) is 4. The second kappa shape index (κ2) is 12.9. The van der Waals surface area contributed by atoms with Gasteiger partial charge in [0.15, 0.2) is 0 Å². The molecule has 0 radical (unpaired) electrons. The van der Waals surface area contributed by atoms with E-state index < -0.39 is 38.9 Å². The second-order valence-electron chi connectivity index (χ2n) is 13.5. The fourth-order valence-electron chi connectivity index (χ4n) is 9.29. The van der Waals surface area contributed by atoms with Gasteiger partial charge in [-0.2, -0.15) is 17.5 Å². The molecule has 41 heavy (non-hydrogen) atoms. The molecule has 0 bridgehead atoms. The standard InChI is InChI=1S/C30H48ClF4N3O2S/c1-19-22(13-14-24(32)29(19)31)20-9-11-21(12-10-20)28-25(17-36-2)38-16-6-5-15-37(18-26(28)38)41(39,40)27-8-4-3-7-23(27)30(33,34)35/h5-6,19-29,36H,3-4,7-18H2,1-2H3/b6-5-/t19?,20?,21?,22?,23?,24?,25-,26?,27?,28-,29?/m1/s1. The average Bonchev–Trinajstić information content (AvgIpc) is 2.92. The van der Waals surface area contributed by atoms with Gasteiger partial charge in [0.25, 0.3) is 0 Å². The highest BCUT2D eigenvalue weighted by molar-refractivity contribution is 7.89. The Labute approximate surface area is 248 Å². The van der Waals surface area contributed by atoms with E-state index in [9.17, 15) is 26.0 Å². The van der Waals surface area contributed by atoms with E-state index in [-0.39, 0.29) is 49.9 Å². The summed E-state index contributed by atoms with van der Waals surface area (Å²) in [4.78, 5) is 2.36. The summed E-state index contributed by atoms with van der Waals surface area (Å²) in [5.41, 5.74) is 0. The highest BCUT2D eigenvalue weighted by Crippen LogP contribution is 2.50. The summed E-state index contributed by atoms with van der Waals surface area (Å²) >= 11 is 6.43. The molecule has 1 saturated heterocycles. The van der Waals surface area contributed by atoms with E-state index in [0.717, 1.165) is 45.2 Å². The average molecular weight is 626 g/mol. The lowest BCUT2D eigenvalue weighted by atomic mass is 9.61. The van der Waals surface area contributed by atoms with Crippen molar-refractivity contribution in [1.82, 2.24) is 14.5 Å². The predicted molar refractivity (Wildman–Crippen MR) is 155 cm³/mol. The molecule has 0 amide bonds. The Bertz CT molecular complexity index is 1020. The summed E-state index contributed by atoms with van der Waals surface area (Å²) in [5.74, 6) is 0.0823. The first kappa shape index (κ1) is 32.0. The fourth-order valence-corrected chi connectivity index (χ4v) is 11.8. The number of likely N-dealkylation sites (N-methyl/N-ethyl adjacent to an activating group) is 1. The maximum Gasteiger partial charge on any atom is 0.393 e. The number of nitrogens with one attached hydrogen (secondary N) is 1. The molecule has 3 aliphatic carbocycles. The molecule has 3 saturated carbocycles. The minimum absolute atomic E-state index is 0.00401. The lowest BCUT2D eigenvalue weighted by molar-refractivity contribution is -0.180. The smallest absolute Gasteiger partial charge is 0.318 e. The molecule has 2 heterocycles. The molecule has 0 spiro atoms. The van der Waals surface area contributed by atoms with Crippen LogP contribution in [-0.2, 0) is 10.0 Å². The van der Waals surface area contributed by atoms with E-state index in [1.165, 1.54) is 4.31 Å². The van der Waals surface area contributed by atoms with Crippen LogP contribution in [0.3, 0.4) is 0 Å². The van der Waals surface area contributed by atoms with Gasteiger partial charge in [-0.1, -0.05) is 31.9 Å². The quantitative estimate of drug-likeness (QED) is 0.224. The third-order valence-corrected chi connectivity index (χ3v) is 14.5. The van der Waals surface area contributed by atoms with Crippen molar-refractivity contribution in [2.45, 2.75) is 106 Å². The van der Waals surface area contributed by atoms with Crippen LogP contribution in [0.5, 0.6) is 0 Å². The van der Waals surface area contributed by atoms with Crippen LogP contribution < -0.4 is 5.32 Å². The largest absolute Gasteiger partial charge is 0.393 e. The Balaban J connectivity index is 1.31. The number of halogens is 5. The van der Waals surface area contributed by atoms with Crippen LogP contribution in [0.25, 0.3) is 0 Å². The van der Waals surface area contributed by atoms with Gasteiger partial charge in [0.05, 0.1) is 16.5 Å². The normalized spacial score (nSPS) is 44.3. The van der Waals surface area contributed by atoms with E-state index in [0.29, 0.717) is 37.0 Å². The highest BCUT2D eigenvalue weighted by atomic mass is 35.5. The maximum atomic E-state index is 14.2. The third kappa shape index (κ3) is 6.38. The molecule has 11 heteroatoms. The van der Waals surface area contributed by atoms with Crippen LogP contribution in [0, 0.1) is 35.5 Å². The Morgan fingerprint density at radius 3 is 2.29 bits per heavy atom. The monoisotopic (exact) mass is 625 g/mol. The summed E-state index contributed by atoms with van der Waals surface area (Å²) in [6.45, 7) is 4.01. The number of rotatable bonds is 6. The zero-order chi connectivity index (χ0) is 29.5. The molecule has 2 aliphatic heterocycles. The number of hydrogen-bond donors (Lipinski definition) is 1. The Kier molecular flexibility index (Phi) is 10.1. The lowest BCUT2D eigenvalue weighted by Gasteiger charge is -2.60. The molecule has 236 valence electrons. The summed E-state index contributed by atoms with van der Waals surface area (Å²) in [6, 6.07) is 0.264. The van der Waals surface area contributed by atoms with Crippen molar-refractivity contribution >= 4 is 21.6 Å². The van der Waals surface area contributed by atoms with Gasteiger partial charge in [-0.15, -0.1) is 11.6 Å². The fraction of sp³-hybridized carbons (Fsp3) is 0.933. The van der Waals surface area contributed by atoms with Crippen molar-refractivity contribution in [2.75, 3.05) is 33.2 Å². The number of sulfonamides is 1. The zero-order valence-corrected chi connectivity index (χ0v) is 26.0. The Morgan fingerprint density at radius 2 is 1.61 bits per heavy atom. The summed E-state index contributed by atoms with van der Waals surface area (Å²) in [7, 11) is -2.19. The molecular weight excluding hydrogens is 578 g/mol. The molecule has 7 unspecified atom stereocenters. The van der Waals surface area contributed by atoms with Gasteiger partial charge in [-0.05, 0) is 88.0 Å². The van der Waals surface area contributed by atoms with Gasteiger partial charge in [0.1, 0.15) is 6.17 Å². The Morgan fingerprint density at radius 1 is 0.951 bits per heavy atom. The third-order valence-electron chi connectivity index (χ3n) is 11.5. The van der Waals surface area contributed by atoms with Crippen LogP contribution in [0.2, 0.25) is 0 Å². The van der Waals surface area contributed by atoms with Crippen molar-refractivity contribution in [3.05, 3.63) is 12.2 Å². The van der Waals surface area contributed by atoms with Crippen molar-refractivity contribution < 1.29 is 26.0 Å². The van der Waals surface area contributed by atoms with Gasteiger partial charge in [0.2, 0.25) is 10.0 Å². The van der Waals surface area contributed by atoms with Crippen molar-refractivity contribution in [2.24, 2.45) is 35.5 Å². The predicted octanol–water partition coefficient (Wildman–Crippen LogP) is 6.00. The SMILES string of the molecule is CNC[C@@H]1[C@@H](C2CCC(C3CCC(F)C(Cl)C3C)CC2)C2CN(S(=O)(=O)C3CCCCC3C(F)(F)F)C/C=C\CN21. The van der Waals surface area contributed by atoms with E-state index in [1.54, 1.807) is 0 Å². The summed E-state index contributed by atoms with van der Waals surface area (Å²) in [6.07, 6.45) is 4.95. The van der Waals surface area contributed by atoms with Crippen molar-refractivity contribution in [1.29, 1.82) is 0 Å². The topological polar surface area (TPSA) is 52.7 Å². The first-order valence-electron chi connectivity index (χ1n) is 15.8. The molecule has 1 N–H and O–H groups in total. The first-order chi connectivity index (χ1) is 19.4. The maximum absolute atomic E-state index is 14.2. The van der Waals surface area contributed by atoms with E-state index in [1.807, 2.05) is 19.2 Å². The molecular formula is C30H48ClF4N3O2S. The number of fused-ring (bicyclic) bond motifs is 1. The van der Waals surface area contributed by atoms with Gasteiger partial charge in [0, 0.05) is 38.3 Å². The second-order valence-corrected chi connectivity index (χ2v) is 16.2. The molecule has 0 aromatic rings. The molecule has 5 rings (SSSR count). The first-order valence-corrected chi connectivity index (χ1v) is 17.8. The van der Waals surface area contributed by atoms with E-state index >= 15 is 0 Å². The van der Waals surface area contributed by atoms with Gasteiger partial charge < -0.3 is 5.32 Å². The molecule has 5 aliphatic rings. The van der Waals surface area contributed by atoms with Crippen molar-refractivity contribution in [3.63, 3.8) is 0 Å². The molecule has 0 aromatic heterocycles. The van der Waals surface area contributed by atoms with Crippen LogP contribution in [0.1, 0.15) is 71.1 Å². The van der Waals surface area contributed by atoms with E-state index in [4.69, 9.17) is 11.6 Å². The van der Waals surface area contributed by atoms with Gasteiger partial charge in [-0.3, -0.25) is 4.90 Å². The van der Waals surface area contributed by atoms with Crippen LogP contribution >= 0.6 is 11.6 Å². The van der Waals surface area contributed by atoms with Crippen LogP contribution in [0.4, 0.5) is 17.6 Å². The number of nitrogens with zero attached hydrogens (tertiary/aromatic N) is 2. The van der Waals surface area contributed by atoms with Crippen LogP contribution in [-0.4, -0.2) is 85.9 Å². The van der Waals surface area contributed by atoms with Gasteiger partial charge in [-0.25, -0.2) is 12.8 Å². The molecule has 9 atom stereocenters. The lowest BCUT2D eigenvalue weighted by Crippen LogP contribution is -2.72. The Hall–Kier alpha value is -0.420. The van der Waals surface area contributed by atoms with Crippen LogP contribution in [0.15, 0.2) is 12.2 Å². The van der Waals surface area contributed by atoms with Crippen molar-refractivity contribution in [3.8, 4) is 0 Å². The molecule has 5 nitrogen and oxygen atoms in total. The molecule has 4 fully saturated rings. The zero-order valence-electron chi connectivity index (χ0n) is 24.4. The minimum Gasteiger partial charge on any atom is -0.318 e. The number of alkyl halides is 5. The summed E-state index contributed by atoms with van der Waals surface area (Å²) in [5, 5.41) is 1.52. The summed E-state index contributed by atoms with van der Waals surface area (Å²) < 4.78 is 85.0. The molecule has 0 aromatic carbocycles. The minimum atomic E-state index is -4.51.